The highest BCUT2D eigenvalue weighted by molar-refractivity contribution is 7.10. The van der Waals surface area contributed by atoms with Crippen LogP contribution in [0.25, 0.3) is 0 Å². The van der Waals surface area contributed by atoms with Crippen molar-refractivity contribution in [2.45, 2.75) is 20.0 Å². The van der Waals surface area contributed by atoms with E-state index in [1.165, 1.54) is 16.0 Å². The average molecular weight is 347 g/mol. The molecule has 0 bridgehead atoms. The van der Waals surface area contributed by atoms with Crippen molar-refractivity contribution in [1.82, 2.24) is 10.6 Å². The van der Waals surface area contributed by atoms with Crippen LogP contribution in [0.4, 0.5) is 0 Å². The van der Waals surface area contributed by atoms with Gasteiger partial charge in [-0.3, -0.25) is 4.99 Å². The molecule has 24 heavy (non-hydrogen) atoms. The topological polar surface area (TPSA) is 54.9 Å². The maximum absolute atomic E-state index is 5.56. The average Bonchev–Trinajstić information content (AvgIpc) is 3.01. The molecule has 0 aliphatic rings. The molecule has 2 rings (SSSR count). The molecule has 2 N–H and O–H groups in total. The standard InChI is InChI=1S/C18H25N3O2S/c1-14-8-11-24-17(14)13-21-18(19-2)20-12-15-4-6-16(7-5-15)23-10-9-22-3/h4-8,11H,9-10,12-13H2,1-3H3,(H2,19,20,21). The molecule has 0 atom stereocenters. The van der Waals surface area contributed by atoms with Crippen molar-refractivity contribution in [1.29, 1.82) is 0 Å². The van der Waals surface area contributed by atoms with Crippen molar-refractivity contribution in [3.63, 3.8) is 0 Å². The van der Waals surface area contributed by atoms with Gasteiger partial charge in [-0.15, -0.1) is 11.3 Å². The first-order valence-electron chi connectivity index (χ1n) is 7.91. The summed E-state index contributed by atoms with van der Waals surface area (Å²) in [6.45, 7) is 4.78. The second-order valence-corrected chi connectivity index (χ2v) is 6.29. The van der Waals surface area contributed by atoms with Crippen molar-refractivity contribution in [2.75, 3.05) is 27.4 Å². The maximum Gasteiger partial charge on any atom is 0.191 e. The molecule has 0 unspecified atom stereocenters. The minimum atomic E-state index is 0.562. The Morgan fingerprint density at radius 2 is 1.83 bits per heavy atom. The fourth-order valence-corrected chi connectivity index (χ4v) is 2.95. The summed E-state index contributed by atoms with van der Waals surface area (Å²) in [7, 11) is 3.45. The highest BCUT2D eigenvalue weighted by atomic mass is 32.1. The SMILES string of the molecule is CN=C(NCc1ccc(OCCOC)cc1)NCc1sccc1C. The van der Waals surface area contributed by atoms with Gasteiger partial charge in [0.25, 0.3) is 0 Å². The van der Waals surface area contributed by atoms with Crippen LogP contribution in [0.15, 0.2) is 40.7 Å². The molecule has 6 heteroatoms. The highest BCUT2D eigenvalue weighted by Crippen LogP contribution is 2.15. The van der Waals surface area contributed by atoms with Crippen molar-refractivity contribution < 1.29 is 9.47 Å². The van der Waals surface area contributed by atoms with E-state index in [-0.39, 0.29) is 0 Å². The largest absolute Gasteiger partial charge is 0.491 e. The van der Waals surface area contributed by atoms with E-state index in [1.807, 2.05) is 24.3 Å². The fourth-order valence-electron chi connectivity index (χ4n) is 2.10. The van der Waals surface area contributed by atoms with E-state index >= 15 is 0 Å². The third-order valence-electron chi connectivity index (χ3n) is 3.55. The number of rotatable bonds is 8. The highest BCUT2D eigenvalue weighted by Gasteiger charge is 2.02. The molecular weight excluding hydrogens is 322 g/mol. The first-order chi connectivity index (χ1) is 11.7. The zero-order chi connectivity index (χ0) is 17.2. The number of methoxy groups -OCH3 is 1. The lowest BCUT2D eigenvalue weighted by atomic mass is 10.2. The van der Waals surface area contributed by atoms with Crippen LogP contribution in [-0.4, -0.2) is 33.3 Å². The van der Waals surface area contributed by atoms with Gasteiger partial charge in [0, 0.05) is 25.6 Å². The molecule has 0 radical (unpaired) electrons. The zero-order valence-corrected chi connectivity index (χ0v) is 15.3. The van der Waals surface area contributed by atoms with Crippen LogP contribution in [0.5, 0.6) is 5.75 Å². The lowest BCUT2D eigenvalue weighted by Crippen LogP contribution is -2.36. The molecule has 130 valence electrons. The van der Waals surface area contributed by atoms with Crippen LogP contribution in [0, 0.1) is 6.92 Å². The smallest absolute Gasteiger partial charge is 0.191 e. The molecule has 0 amide bonds. The first-order valence-corrected chi connectivity index (χ1v) is 8.79. The summed E-state index contributed by atoms with van der Waals surface area (Å²) in [6.07, 6.45) is 0. The van der Waals surface area contributed by atoms with Gasteiger partial charge in [-0.05, 0) is 41.6 Å². The van der Waals surface area contributed by atoms with Crippen molar-refractivity contribution in [2.24, 2.45) is 4.99 Å². The Morgan fingerprint density at radius 1 is 1.08 bits per heavy atom. The van der Waals surface area contributed by atoms with E-state index in [0.717, 1.165) is 18.3 Å². The van der Waals surface area contributed by atoms with Crippen LogP contribution >= 0.6 is 11.3 Å². The number of aliphatic imine (C=N–C) groups is 1. The van der Waals surface area contributed by atoms with Gasteiger partial charge in [0.2, 0.25) is 0 Å². The van der Waals surface area contributed by atoms with Gasteiger partial charge in [0.1, 0.15) is 12.4 Å². The number of guanidine groups is 1. The molecular formula is C18H25N3O2S. The number of hydrogen-bond acceptors (Lipinski definition) is 4. The number of thiophene rings is 1. The second kappa shape index (κ2) is 9.95. The number of nitrogens with zero attached hydrogens (tertiary/aromatic N) is 1. The minimum Gasteiger partial charge on any atom is -0.491 e. The summed E-state index contributed by atoms with van der Waals surface area (Å²) in [4.78, 5) is 5.59. The van der Waals surface area contributed by atoms with Crippen LogP contribution in [0.2, 0.25) is 0 Å². The molecule has 1 heterocycles. The Balaban J connectivity index is 1.77. The van der Waals surface area contributed by atoms with Crippen LogP contribution < -0.4 is 15.4 Å². The normalized spacial score (nSPS) is 11.4. The molecule has 5 nitrogen and oxygen atoms in total. The molecule has 0 fully saturated rings. The fraction of sp³-hybridized carbons (Fsp3) is 0.389. The molecule has 2 aromatic rings. The van der Waals surface area contributed by atoms with Crippen LogP contribution in [0.1, 0.15) is 16.0 Å². The lowest BCUT2D eigenvalue weighted by molar-refractivity contribution is 0.146. The van der Waals surface area contributed by atoms with E-state index in [1.54, 1.807) is 25.5 Å². The second-order valence-electron chi connectivity index (χ2n) is 5.29. The Labute approximate surface area is 147 Å². The Kier molecular flexibility index (Phi) is 7.58. The van der Waals surface area contributed by atoms with E-state index in [4.69, 9.17) is 9.47 Å². The van der Waals surface area contributed by atoms with Gasteiger partial charge in [-0.25, -0.2) is 0 Å². The van der Waals surface area contributed by atoms with Gasteiger partial charge >= 0.3 is 0 Å². The van der Waals surface area contributed by atoms with Crippen LogP contribution in [-0.2, 0) is 17.8 Å². The molecule has 1 aromatic heterocycles. The molecule has 0 saturated heterocycles. The molecule has 0 aliphatic heterocycles. The minimum absolute atomic E-state index is 0.562. The summed E-state index contributed by atoms with van der Waals surface area (Å²) < 4.78 is 10.5. The van der Waals surface area contributed by atoms with Gasteiger partial charge in [0.05, 0.1) is 13.2 Å². The number of benzene rings is 1. The quantitative estimate of drug-likeness (QED) is 0.438. The van der Waals surface area contributed by atoms with Gasteiger partial charge in [-0.2, -0.15) is 0 Å². The zero-order valence-electron chi connectivity index (χ0n) is 14.5. The summed E-state index contributed by atoms with van der Waals surface area (Å²) in [6, 6.07) is 10.2. The summed E-state index contributed by atoms with van der Waals surface area (Å²) in [5, 5.41) is 8.77. The van der Waals surface area contributed by atoms with E-state index < -0.39 is 0 Å². The monoisotopic (exact) mass is 347 g/mol. The van der Waals surface area contributed by atoms with E-state index in [9.17, 15) is 0 Å². The third-order valence-corrected chi connectivity index (χ3v) is 4.57. The number of nitrogens with one attached hydrogen (secondary N) is 2. The van der Waals surface area contributed by atoms with Crippen molar-refractivity contribution >= 4 is 17.3 Å². The third kappa shape index (κ3) is 5.86. The van der Waals surface area contributed by atoms with Gasteiger partial charge < -0.3 is 20.1 Å². The summed E-state index contributed by atoms with van der Waals surface area (Å²) >= 11 is 1.76. The number of ether oxygens (including phenoxy) is 2. The van der Waals surface area contributed by atoms with E-state index in [0.29, 0.717) is 19.8 Å². The Bertz CT molecular complexity index is 638. The maximum atomic E-state index is 5.56. The van der Waals surface area contributed by atoms with Crippen LogP contribution in [0.3, 0.4) is 0 Å². The summed E-state index contributed by atoms with van der Waals surface area (Å²) in [5.74, 6) is 1.65. The molecule has 0 spiro atoms. The van der Waals surface area contributed by atoms with Gasteiger partial charge in [0.15, 0.2) is 5.96 Å². The predicted molar refractivity (Wildman–Crippen MR) is 99.9 cm³/mol. The van der Waals surface area contributed by atoms with E-state index in [2.05, 4.69) is 34.0 Å². The Morgan fingerprint density at radius 3 is 2.46 bits per heavy atom. The predicted octanol–water partition coefficient (Wildman–Crippen LogP) is 2.95. The molecule has 0 aliphatic carbocycles. The van der Waals surface area contributed by atoms with Crippen molar-refractivity contribution in [3.05, 3.63) is 51.7 Å². The number of hydrogen-bond donors (Lipinski definition) is 2. The van der Waals surface area contributed by atoms with Crippen molar-refractivity contribution in [3.8, 4) is 5.75 Å². The Hall–Kier alpha value is -2.05. The molecule has 1 aromatic carbocycles. The lowest BCUT2D eigenvalue weighted by Gasteiger charge is -2.12. The van der Waals surface area contributed by atoms with Gasteiger partial charge in [-0.1, -0.05) is 12.1 Å². The first kappa shape index (κ1) is 18.3. The summed E-state index contributed by atoms with van der Waals surface area (Å²) in [5.41, 5.74) is 2.48. The number of aryl methyl sites for hydroxylation is 1. The molecule has 0 saturated carbocycles.